The molecule has 1 aliphatic rings. The van der Waals surface area contributed by atoms with Gasteiger partial charge in [0.15, 0.2) is 0 Å². The molecule has 0 spiro atoms. The Morgan fingerprint density at radius 1 is 1.32 bits per heavy atom. The Bertz CT molecular complexity index is 491. The van der Waals surface area contributed by atoms with Crippen LogP contribution in [0.5, 0.6) is 0 Å². The summed E-state index contributed by atoms with van der Waals surface area (Å²) in [6.45, 7) is 3.60. The minimum atomic E-state index is -3.35. The van der Waals surface area contributed by atoms with Crippen molar-refractivity contribution in [3.8, 4) is 0 Å². The molecule has 0 aromatic heterocycles. The highest BCUT2D eigenvalue weighted by Crippen LogP contribution is 2.12. The normalized spacial score (nSPS) is 19.7. The summed E-state index contributed by atoms with van der Waals surface area (Å²) >= 11 is 0. The van der Waals surface area contributed by atoms with Gasteiger partial charge in [0.2, 0.25) is 10.0 Å². The largest absolute Gasteiger partial charge is 0.314 e. The van der Waals surface area contributed by atoms with E-state index in [0.29, 0.717) is 17.5 Å². The van der Waals surface area contributed by atoms with Gasteiger partial charge in [-0.25, -0.2) is 13.1 Å². The maximum Gasteiger partial charge on any atom is 0.240 e. The second kappa shape index (κ2) is 6.50. The smallest absolute Gasteiger partial charge is 0.240 e. The van der Waals surface area contributed by atoms with Crippen LogP contribution in [0.1, 0.15) is 31.7 Å². The molecule has 0 aliphatic carbocycles. The first-order valence-corrected chi connectivity index (χ1v) is 8.42. The van der Waals surface area contributed by atoms with Crippen LogP contribution in [-0.4, -0.2) is 27.5 Å². The predicted octanol–water partition coefficient (Wildman–Crippen LogP) is 1.67. The standard InChI is InChI=1S/C14H22N2O2S/c1-2-12-5-7-14(8-6-12)19(17,18)16-11-9-13-4-3-10-15-13/h5-8,13,15-16H,2-4,9-11H2,1H3. The molecule has 0 amide bonds. The molecule has 4 nitrogen and oxygen atoms in total. The zero-order valence-corrected chi connectivity index (χ0v) is 12.2. The molecule has 5 heteroatoms. The van der Waals surface area contributed by atoms with Crippen molar-refractivity contribution in [2.75, 3.05) is 13.1 Å². The van der Waals surface area contributed by atoms with Crippen LogP contribution in [0, 0.1) is 0 Å². The van der Waals surface area contributed by atoms with Crippen molar-refractivity contribution in [1.82, 2.24) is 10.0 Å². The van der Waals surface area contributed by atoms with E-state index in [-0.39, 0.29) is 0 Å². The number of nitrogens with one attached hydrogen (secondary N) is 2. The van der Waals surface area contributed by atoms with E-state index in [4.69, 9.17) is 0 Å². The topological polar surface area (TPSA) is 58.2 Å². The van der Waals surface area contributed by atoms with Crippen LogP contribution in [0.4, 0.5) is 0 Å². The lowest BCUT2D eigenvalue weighted by atomic mass is 10.2. The molecule has 0 radical (unpaired) electrons. The summed E-state index contributed by atoms with van der Waals surface area (Å²) < 4.78 is 26.8. The lowest BCUT2D eigenvalue weighted by Crippen LogP contribution is -2.30. The third-order valence-electron chi connectivity index (χ3n) is 3.59. The molecule has 0 bridgehead atoms. The molecular formula is C14H22N2O2S. The van der Waals surface area contributed by atoms with Crippen molar-refractivity contribution in [3.05, 3.63) is 29.8 Å². The van der Waals surface area contributed by atoms with Crippen molar-refractivity contribution in [2.24, 2.45) is 0 Å². The summed E-state index contributed by atoms with van der Waals surface area (Å²) in [4.78, 5) is 0.351. The van der Waals surface area contributed by atoms with Gasteiger partial charge in [-0.15, -0.1) is 0 Å². The first kappa shape index (κ1) is 14.5. The maximum absolute atomic E-state index is 12.1. The summed E-state index contributed by atoms with van der Waals surface area (Å²) in [5, 5.41) is 3.36. The molecule has 0 saturated carbocycles. The fourth-order valence-electron chi connectivity index (χ4n) is 2.36. The van der Waals surface area contributed by atoms with Crippen LogP contribution < -0.4 is 10.0 Å². The predicted molar refractivity (Wildman–Crippen MR) is 76.7 cm³/mol. The van der Waals surface area contributed by atoms with Crippen LogP contribution in [0.2, 0.25) is 0 Å². The Balaban J connectivity index is 1.89. The second-order valence-corrected chi connectivity index (χ2v) is 6.74. The first-order valence-electron chi connectivity index (χ1n) is 6.94. The van der Waals surface area contributed by atoms with E-state index in [9.17, 15) is 8.42 Å². The summed E-state index contributed by atoms with van der Waals surface area (Å²) in [5.41, 5.74) is 1.15. The molecule has 2 rings (SSSR count). The third-order valence-corrected chi connectivity index (χ3v) is 5.07. The van der Waals surface area contributed by atoms with Crippen molar-refractivity contribution in [1.29, 1.82) is 0 Å². The Labute approximate surface area is 115 Å². The van der Waals surface area contributed by atoms with Crippen LogP contribution in [0.25, 0.3) is 0 Å². The molecule has 1 aromatic rings. The fraction of sp³-hybridized carbons (Fsp3) is 0.571. The first-order chi connectivity index (χ1) is 9.12. The molecular weight excluding hydrogens is 260 g/mol. The van der Waals surface area contributed by atoms with Gasteiger partial charge < -0.3 is 5.32 Å². The Morgan fingerprint density at radius 3 is 2.63 bits per heavy atom. The van der Waals surface area contributed by atoms with E-state index in [1.54, 1.807) is 12.1 Å². The molecule has 1 heterocycles. The minimum absolute atomic E-state index is 0.351. The van der Waals surface area contributed by atoms with Crippen molar-refractivity contribution >= 4 is 10.0 Å². The molecule has 19 heavy (non-hydrogen) atoms. The zero-order chi connectivity index (χ0) is 13.7. The molecule has 1 aliphatic heterocycles. The van der Waals surface area contributed by atoms with Gasteiger partial charge in [-0.3, -0.25) is 0 Å². The lowest BCUT2D eigenvalue weighted by molar-refractivity contribution is 0.539. The number of sulfonamides is 1. The molecule has 1 fully saturated rings. The van der Waals surface area contributed by atoms with E-state index in [1.165, 1.54) is 6.42 Å². The van der Waals surface area contributed by atoms with E-state index < -0.39 is 10.0 Å². The maximum atomic E-state index is 12.1. The molecule has 106 valence electrons. The van der Waals surface area contributed by atoms with Gasteiger partial charge in [-0.2, -0.15) is 0 Å². The molecule has 1 saturated heterocycles. The van der Waals surface area contributed by atoms with Gasteiger partial charge in [0.05, 0.1) is 4.90 Å². The Hall–Kier alpha value is -0.910. The molecule has 2 N–H and O–H groups in total. The highest BCUT2D eigenvalue weighted by atomic mass is 32.2. The van der Waals surface area contributed by atoms with Gasteiger partial charge in [0.25, 0.3) is 0 Å². The fourth-order valence-corrected chi connectivity index (χ4v) is 3.41. The Morgan fingerprint density at radius 2 is 2.05 bits per heavy atom. The molecule has 1 atom stereocenters. The zero-order valence-electron chi connectivity index (χ0n) is 11.4. The minimum Gasteiger partial charge on any atom is -0.314 e. The van der Waals surface area contributed by atoms with E-state index in [2.05, 4.69) is 17.0 Å². The van der Waals surface area contributed by atoms with Crippen LogP contribution in [0.15, 0.2) is 29.2 Å². The number of hydrogen-bond acceptors (Lipinski definition) is 3. The van der Waals surface area contributed by atoms with Crippen molar-refractivity contribution in [2.45, 2.75) is 43.5 Å². The van der Waals surface area contributed by atoms with E-state index >= 15 is 0 Å². The van der Waals surface area contributed by atoms with Crippen LogP contribution >= 0.6 is 0 Å². The highest BCUT2D eigenvalue weighted by molar-refractivity contribution is 7.89. The summed E-state index contributed by atoms with van der Waals surface area (Å²) in [6, 6.07) is 7.55. The summed E-state index contributed by atoms with van der Waals surface area (Å²) in [7, 11) is -3.35. The van der Waals surface area contributed by atoms with Crippen LogP contribution in [0.3, 0.4) is 0 Å². The SMILES string of the molecule is CCc1ccc(S(=O)(=O)NCCC2CCCN2)cc1. The van der Waals surface area contributed by atoms with E-state index in [0.717, 1.165) is 31.4 Å². The number of rotatable bonds is 6. The average Bonchev–Trinajstić information content (AvgIpc) is 2.92. The van der Waals surface area contributed by atoms with Gasteiger partial charge in [-0.1, -0.05) is 19.1 Å². The highest BCUT2D eigenvalue weighted by Gasteiger charge is 2.16. The number of benzene rings is 1. The van der Waals surface area contributed by atoms with Gasteiger partial charge in [0.1, 0.15) is 0 Å². The van der Waals surface area contributed by atoms with Crippen molar-refractivity contribution in [3.63, 3.8) is 0 Å². The van der Waals surface area contributed by atoms with Crippen LogP contribution in [-0.2, 0) is 16.4 Å². The number of hydrogen-bond donors (Lipinski definition) is 2. The second-order valence-electron chi connectivity index (χ2n) is 4.98. The lowest BCUT2D eigenvalue weighted by Gasteiger charge is -2.11. The quantitative estimate of drug-likeness (QED) is 0.834. The summed E-state index contributed by atoms with van der Waals surface area (Å²) in [6.07, 6.45) is 4.11. The van der Waals surface area contributed by atoms with Crippen molar-refractivity contribution < 1.29 is 8.42 Å². The van der Waals surface area contributed by atoms with Gasteiger partial charge >= 0.3 is 0 Å². The summed E-state index contributed by atoms with van der Waals surface area (Å²) in [5.74, 6) is 0. The molecule has 1 aromatic carbocycles. The van der Waals surface area contributed by atoms with Gasteiger partial charge in [-0.05, 0) is 49.9 Å². The third kappa shape index (κ3) is 4.03. The molecule has 1 unspecified atom stereocenters. The Kier molecular flexibility index (Phi) is 4.96. The number of aryl methyl sites for hydroxylation is 1. The van der Waals surface area contributed by atoms with Gasteiger partial charge in [0, 0.05) is 12.6 Å². The van der Waals surface area contributed by atoms with E-state index in [1.807, 2.05) is 12.1 Å². The average molecular weight is 282 g/mol. The monoisotopic (exact) mass is 282 g/mol.